The monoisotopic (exact) mass is 314 g/mol. The van der Waals surface area contributed by atoms with Gasteiger partial charge in [-0.05, 0) is 31.4 Å². The van der Waals surface area contributed by atoms with Crippen LogP contribution in [0.1, 0.15) is 31.4 Å². The molecule has 0 unspecified atom stereocenters. The van der Waals surface area contributed by atoms with Crippen molar-refractivity contribution in [2.24, 2.45) is 0 Å². The number of carbonyl (C=O) groups is 1. The molecular formula is C18H22N2O3. The van der Waals surface area contributed by atoms with Crippen LogP contribution < -0.4 is 4.74 Å². The summed E-state index contributed by atoms with van der Waals surface area (Å²) in [7, 11) is 0. The van der Waals surface area contributed by atoms with Crippen molar-refractivity contribution in [1.29, 1.82) is 0 Å². The highest BCUT2D eigenvalue weighted by Crippen LogP contribution is 2.29. The number of para-hydroxylation sites is 1. The summed E-state index contributed by atoms with van der Waals surface area (Å²) in [4.78, 5) is 18.4. The topological polar surface area (TPSA) is 51.7 Å². The predicted octanol–water partition coefficient (Wildman–Crippen LogP) is 3.54. The SMILES string of the molecule is CCOCCCN1Cc2cc3cccc(CC)c3nc2OC1=O. The standard InChI is InChI=1S/C18H22N2O3/c1-3-13-7-5-8-14-11-15-12-20(9-6-10-22-4-2)18(21)23-17(15)19-16(13)14/h5,7-8,11H,3-4,6,9-10,12H2,1-2H3. The van der Waals surface area contributed by atoms with Gasteiger partial charge in [0.15, 0.2) is 0 Å². The van der Waals surface area contributed by atoms with E-state index in [0.717, 1.165) is 29.3 Å². The molecule has 5 nitrogen and oxygen atoms in total. The van der Waals surface area contributed by atoms with E-state index in [4.69, 9.17) is 9.47 Å². The van der Waals surface area contributed by atoms with Crippen molar-refractivity contribution in [3.8, 4) is 5.88 Å². The van der Waals surface area contributed by atoms with Crippen molar-refractivity contribution >= 4 is 17.0 Å². The Morgan fingerprint density at radius 1 is 1.35 bits per heavy atom. The van der Waals surface area contributed by atoms with Crippen molar-refractivity contribution in [1.82, 2.24) is 9.88 Å². The second-order valence-electron chi connectivity index (χ2n) is 5.64. The number of ether oxygens (including phenoxy) is 2. The second-order valence-corrected chi connectivity index (χ2v) is 5.64. The first-order valence-corrected chi connectivity index (χ1v) is 8.19. The molecule has 0 aliphatic carbocycles. The van der Waals surface area contributed by atoms with Crippen molar-refractivity contribution in [2.45, 2.75) is 33.2 Å². The van der Waals surface area contributed by atoms with Gasteiger partial charge < -0.3 is 14.4 Å². The third-order valence-corrected chi connectivity index (χ3v) is 4.07. The third kappa shape index (κ3) is 3.29. The normalized spacial score (nSPS) is 14.0. The lowest BCUT2D eigenvalue weighted by Crippen LogP contribution is -2.38. The molecule has 122 valence electrons. The van der Waals surface area contributed by atoms with Crippen LogP contribution >= 0.6 is 0 Å². The lowest BCUT2D eigenvalue weighted by molar-refractivity contribution is 0.114. The van der Waals surface area contributed by atoms with E-state index in [0.29, 0.717) is 32.2 Å². The third-order valence-electron chi connectivity index (χ3n) is 4.07. The van der Waals surface area contributed by atoms with E-state index >= 15 is 0 Å². The number of hydrogen-bond acceptors (Lipinski definition) is 4. The number of carbonyl (C=O) groups excluding carboxylic acids is 1. The smallest absolute Gasteiger partial charge is 0.391 e. The zero-order chi connectivity index (χ0) is 16.2. The fraction of sp³-hybridized carbons (Fsp3) is 0.444. The molecule has 0 saturated carbocycles. The summed E-state index contributed by atoms with van der Waals surface area (Å²) in [6, 6.07) is 8.24. The molecule has 1 aromatic carbocycles. The van der Waals surface area contributed by atoms with Crippen LogP contribution in [-0.2, 0) is 17.7 Å². The molecule has 5 heteroatoms. The van der Waals surface area contributed by atoms with Crippen LogP contribution in [-0.4, -0.2) is 35.7 Å². The number of fused-ring (bicyclic) bond motifs is 2. The number of amides is 1. The number of aromatic nitrogens is 1. The first kappa shape index (κ1) is 15.7. The van der Waals surface area contributed by atoms with E-state index in [-0.39, 0.29) is 6.09 Å². The first-order chi connectivity index (χ1) is 11.2. The van der Waals surface area contributed by atoms with E-state index in [1.807, 2.05) is 13.0 Å². The van der Waals surface area contributed by atoms with Crippen LogP contribution in [0.25, 0.3) is 10.9 Å². The Morgan fingerprint density at radius 2 is 2.22 bits per heavy atom. The van der Waals surface area contributed by atoms with Gasteiger partial charge in [0.05, 0.1) is 12.1 Å². The molecule has 0 fully saturated rings. The van der Waals surface area contributed by atoms with Gasteiger partial charge in [-0.15, -0.1) is 0 Å². The van der Waals surface area contributed by atoms with E-state index < -0.39 is 0 Å². The highest BCUT2D eigenvalue weighted by molar-refractivity contribution is 5.84. The number of aryl methyl sites for hydroxylation is 1. The van der Waals surface area contributed by atoms with Gasteiger partial charge in [0.2, 0.25) is 5.88 Å². The lowest BCUT2D eigenvalue weighted by Gasteiger charge is -2.27. The highest BCUT2D eigenvalue weighted by Gasteiger charge is 2.26. The van der Waals surface area contributed by atoms with Crippen LogP contribution in [0, 0.1) is 0 Å². The fourth-order valence-electron chi connectivity index (χ4n) is 2.86. The summed E-state index contributed by atoms with van der Waals surface area (Å²) in [5.41, 5.74) is 3.05. The molecule has 0 N–H and O–H groups in total. The summed E-state index contributed by atoms with van der Waals surface area (Å²) in [5, 5.41) is 1.09. The summed E-state index contributed by atoms with van der Waals surface area (Å²) in [5.74, 6) is 0.449. The average molecular weight is 314 g/mol. The Morgan fingerprint density at radius 3 is 3.00 bits per heavy atom. The van der Waals surface area contributed by atoms with E-state index in [1.54, 1.807) is 4.90 Å². The molecule has 1 aromatic heterocycles. The van der Waals surface area contributed by atoms with Gasteiger partial charge in [-0.2, -0.15) is 0 Å². The van der Waals surface area contributed by atoms with Crippen LogP contribution in [0.2, 0.25) is 0 Å². The quantitative estimate of drug-likeness (QED) is 0.765. The molecule has 0 atom stereocenters. The minimum Gasteiger partial charge on any atom is -0.391 e. The largest absolute Gasteiger partial charge is 0.416 e. The molecule has 1 amide bonds. The minimum atomic E-state index is -0.324. The molecule has 2 heterocycles. The van der Waals surface area contributed by atoms with Gasteiger partial charge in [-0.3, -0.25) is 0 Å². The molecular weight excluding hydrogens is 292 g/mol. The number of benzene rings is 1. The molecule has 2 aromatic rings. The van der Waals surface area contributed by atoms with Gasteiger partial charge >= 0.3 is 6.09 Å². The molecule has 0 bridgehead atoms. The number of pyridine rings is 1. The fourth-order valence-corrected chi connectivity index (χ4v) is 2.86. The Labute approximate surface area is 136 Å². The summed E-state index contributed by atoms with van der Waals surface area (Å²) >= 11 is 0. The summed E-state index contributed by atoms with van der Waals surface area (Å²) in [6.45, 7) is 6.59. The van der Waals surface area contributed by atoms with Crippen molar-refractivity contribution < 1.29 is 14.3 Å². The van der Waals surface area contributed by atoms with E-state index in [2.05, 4.69) is 30.1 Å². The van der Waals surface area contributed by atoms with Gasteiger partial charge in [0.25, 0.3) is 0 Å². The van der Waals surface area contributed by atoms with Crippen LogP contribution in [0.4, 0.5) is 4.79 Å². The first-order valence-electron chi connectivity index (χ1n) is 8.19. The lowest BCUT2D eigenvalue weighted by atomic mass is 10.1. The molecule has 0 saturated heterocycles. The minimum absolute atomic E-state index is 0.324. The van der Waals surface area contributed by atoms with Crippen molar-refractivity contribution in [2.75, 3.05) is 19.8 Å². The van der Waals surface area contributed by atoms with E-state index in [1.165, 1.54) is 5.56 Å². The molecule has 23 heavy (non-hydrogen) atoms. The second kappa shape index (κ2) is 6.96. The Balaban J connectivity index is 1.82. The maximum absolute atomic E-state index is 12.1. The zero-order valence-electron chi connectivity index (χ0n) is 13.7. The summed E-state index contributed by atoms with van der Waals surface area (Å²) < 4.78 is 10.8. The van der Waals surface area contributed by atoms with Crippen LogP contribution in [0.15, 0.2) is 24.3 Å². The van der Waals surface area contributed by atoms with Crippen molar-refractivity contribution in [3.63, 3.8) is 0 Å². The van der Waals surface area contributed by atoms with Crippen LogP contribution in [0.3, 0.4) is 0 Å². The summed E-state index contributed by atoms with van der Waals surface area (Å²) in [6.07, 6.45) is 1.38. The maximum atomic E-state index is 12.1. The molecule has 0 radical (unpaired) electrons. The average Bonchev–Trinajstić information content (AvgIpc) is 2.56. The van der Waals surface area contributed by atoms with Crippen LogP contribution in [0.5, 0.6) is 5.88 Å². The molecule has 0 spiro atoms. The predicted molar refractivity (Wildman–Crippen MR) is 88.7 cm³/mol. The maximum Gasteiger partial charge on any atom is 0.416 e. The Bertz CT molecular complexity index is 715. The number of nitrogens with zero attached hydrogens (tertiary/aromatic N) is 2. The highest BCUT2D eigenvalue weighted by atomic mass is 16.6. The van der Waals surface area contributed by atoms with Crippen molar-refractivity contribution in [3.05, 3.63) is 35.4 Å². The van der Waals surface area contributed by atoms with Gasteiger partial charge in [0, 0.05) is 30.7 Å². The van der Waals surface area contributed by atoms with Gasteiger partial charge in [-0.1, -0.05) is 25.1 Å². The van der Waals surface area contributed by atoms with E-state index in [9.17, 15) is 4.79 Å². The number of rotatable bonds is 6. The number of hydrogen-bond donors (Lipinski definition) is 0. The van der Waals surface area contributed by atoms with Gasteiger partial charge in [0.1, 0.15) is 0 Å². The molecule has 1 aliphatic rings. The zero-order valence-corrected chi connectivity index (χ0v) is 13.7. The molecule has 1 aliphatic heterocycles. The van der Waals surface area contributed by atoms with Gasteiger partial charge in [-0.25, -0.2) is 9.78 Å². The Hall–Kier alpha value is -2.14. The molecule has 3 rings (SSSR count). The Kier molecular flexibility index (Phi) is 4.76.